The largest absolute Gasteiger partial charge is 0.465 e. The predicted molar refractivity (Wildman–Crippen MR) is 99.7 cm³/mol. The molecule has 5 nitrogen and oxygen atoms in total. The molecular formula is C18H25N3O2S. The van der Waals surface area contributed by atoms with Crippen LogP contribution in [0.5, 0.6) is 5.19 Å². The van der Waals surface area contributed by atoms with Crippen molar-refractivity contribution in [3.63, 3.8) is 0 Å². The number of hydrogen-bond donors (Lipinski definition) is 0. The van der Waals surface area contributed by atoms with Gasteiger partial charge in [0.1, 0.15) is 6.10 Å². The maximum atomic E-state index is 11.8. The van der Waals surface area contributed by atoms with E-state index in [-0.39, 0.29) is 12.0 Å². The molecule has 0 aliphatic heterocycles. The second-order valence-electron chi connectivity index (χ2n) is 6.04. The zero-order valence-corrected chi connectivity index (χ0v) is 15.4. The highest BCUT2D eigenvalue weighted by Gasteiger charge is 2.17. The molecule has 0 aliphatic carbocycles. The van der Waals surface area contributed by atoms with Gasteiger partial charge in [0.25, 0.3) is 5.19 Å². The zero-order valence-electron chi connectivity index (χ0n) is 14.6. The van der Waals surface area contributed by atoms with E-state index in [1.54, 1.807) is 30.3 Å². The van der Waals surface area contributed by atoms with Crippen molar-refractivity contribution in [3.8, 4) is 5.19 Å². The Hall–Kier alpha value is -1.92. The maximum Gasteiger partial charge on any atom is 0.274 e. The molecule has 0 radical (unpaired) electrons. The number of fused-ring (bicyclic) bond motifs is 1. The van der Waals surface area contributed by atoms with E-state index >= 15 is 0 Å². The molecule has 0 bridgehead atoms. The molecule has 1 atom stereocenters. The highest BCUT2D eigenvalue weighted by Crippen LogP contribution is 2.28. The molecular weight excluding hydrogens is 322 g/mol. The third-order valence-corrected chi connectivity index (χ3v) is 4.58. The SMILES string of the molecule is C=CCCC(CN(C)CC(=O)N(C)C)Oc1nc2ccccc2s1. The van der Waals surface area contributed by atoms with E-state index in [1.807, 2.05) is 42.3 Å². The summed E-state index contributed by atoms with van der Waals surface area (Å²) in [5.74, 6) is 0.0833. The number of thiazole rings is 1. The first-order valence-electron chi connectivity index (χ1n) is 8.01. The van der Waals surface area contributed by atoms with E-state index in [0.717, 1.165) is 23.1 Å². The molecule has 2 aromatic rings. The number of aromatic nitrogens is 1. The van der Waals surface area contributed by atoms with Crippen molar-refractivity contribution >= 4 is 27.5 Å². The Morgan fingerprint density at radius 1 is 1.38 bits per heavy atom. The van der Waals surface area contributed by atoms with Gasteiger partial charge in [0, 0.05) is 20.6 Å². The van der Waals surface area contributed by atoms with Crippen molar-refractivity contribution in [1.82, 2.24) is 14.8 Å². The van der Waals surface area contributed by atoms with Gasteiger partial charge in [-0.05, 0) is 32.0 Å². The van der Waals surface area contributed by atoms with Crippen LogP contribution in [-0.2, 0) is 4.79 Å². The van der Waals surface area contributed by atoms with Crippen LogP contribution < -0.4 is 4.74 Å². The van der Waals surface area contributed by atoms with Crippen molar-refractivity contribution in [2.24, 2.45) is 0 Å². The highest BCUT2D eigenvalue weighted by molar-refractivity contribution is 7.20. The first kappa shape index (κ1) is 18.4. The maximum absolute atomic E-state index is 11.8. The molecule has 0 fully saturated rings. The standard InChI is InChI=1S/C18H25N3O2S/c1-5-6-9-14(12-21(4)13-17(22)20(2)3)23-18-19-15-10-7-8-11-16(15)24-18/h5,7-8,10-11,14H,1,6,9,12-13H2,2-4H3. The quantitative estimate of drug-likeness (QED) is 0.654. The lowest BCUT2D eigenvalue weighted by Gasteiger charge is -2.24. The summed E-state index contributed by atoms with van der Waals surface area (Å²) in [4.78, 5) is 20.0. The number of rotatable bonds is 9. The number of allylic oxidation sites excluding steroid dienone is 1. The number of para-hydroxylation sites is 1. The molecule has 0 spiro atoms. The Labute approximate surface area is 147 Å². The molecule has 0 aliphatic rings. The average molecular weight is 347 g/mol. The van der Waals surface area contributed by atoms with Crippen LogP contribution in [0.2, 0.25) is 0 Å². The molecule has 1 aromatic heterocycles. The predicted octanol–water partition coefficient (Wildman–Crippen LogP) is 3.03. The van der Waals surface area contributed by atoms with Gasteiger partial charge in [-0.3, -0.25) is 9.69 Å². The van der Waals surface area contributed by atoms with E-state index < -0.39 is 0 Å². The number of hydrogen-bond acceptors (Lipinski definition) is 5. The van der Waals surface area contributed by atoms with Gasteiger partial charge in [0.05, 0.1) is 16.8 Å². The number of carbonyl (C=O) groups is 1. The van der Waals surface area contributed by atoms with Gasteiger partial charge in [0.15, 0.2) is 0 Å². The normalized spacial score (nSPS) is 12.3. The molecule has 2 rings (SSSR count). The molecule has 1 heterocycles. The number of ether oxygens (including phenoxy) is 1. The fraction of sp³-hybridized carbons (Fsp3) is 0.444. The van der Waals surface area contributed by atoms with E-state index in [9.17, 15) is 4.79 Å². The first-order valence-corrected chi connectivity index (χ1v) is 8.83. The minimum atomic E-state index is -0.0245. The summed E-state index contributed by atoms with van der Waals surface area (Å²) < 4.78 is 7.22. The van der Waals surface area contributed by atoms with Gasteiger partial charge in [-0.1, -0.05) is 29.5 Å². The lowest BCUT2D eigenvalue weighted by Crippen LogP contribution is -2.39. The Bertz CT molecular complexity index is 651. The highest BCUT2D eigenvalue weighted by atomic mass is 32.1. The smallest absolute Gasteiger partial charge is 0.274 e. The Morgan fingerprint density at radius 3 is 2.79 bits per heavy atom. The Kier molecular flexibility index (Phi) is 6.75. The first-order chi connectivity index (χ1) is 11.5. The minimum absolute atomic E-state index is 0.0245. The molecule has 0 saturated carbocycles. The molecule has 0 N–H and O–H groups in total. The summed E-state index contributed by atoms with van der Waals surface area (Å²) >= 11 is 1.55. The number of carbonyl (C=O) groups excluding carboxylic acids is 1. The van der Waals surface area contributed by atoms with E-state index in [2.05, 4.69) is 11.6 Å². The number of benzene rings is 1. The van der Waals surface area contributed by atoms with Crippen LogP contribution >= 0.6 is 11.3 Å². The van der Waals surface area contributed by atoms with Crippen LogP contribution in [0.25, 0.3) is 10.2 Å². The van der Waals surface area contributed by atoms with Gasteiger partial charge in [-0.25, -0.2) is 4.98 Å². The van der Waals surface area contributed by atoms with Gasteiger partial charge in [-0.15, -0.1) is 6.58 Å². The van der Waals surface area contributed by atoms with Gasteiger partial charge >= 0.3 is 0 Å². The van der Waals surface area contributed by atoms with Crippen molar-refractivity contribution < 1.29 is 9.53 Å². The van der Waals surface area contributed by atoms with Crippen LogP contribution in [0.4, 0.5) is 0 Å². The second-order valence-corrected chi connectivity index (χ2v) is 7.03. The lowest BCUT2D eigenvalue weighted by molar-refractivity contribution is -0.129. The molecule has 1 aromatic carbocycles. The minimum Gasteiger partial charge on any atom is -0.465 e. The van der Waals surface area contributed by atoms with Crippen molar-refractivity contribution in [2.75, 3.05) is 34.2 Å². The summed E-state index contributed by atoms with van der Waals surface area (Å²) in [6, 6.07) is 8.00. The van der Waals surface area contributed by atoms with E-state index in [0.29, 0.717) is 18.3 Å². The zero-order chi connectivity index (χ0) is 17.5. The van der Waals surface area contributed by atoms with Crippen LogP contribution in [0.1, 0.15) is 12.8 Å². The summed E-state index contributed by atoms with van der Waals surface area (Å²) in [6.07, 6.45) is 3.58. The summed E-state index contributed by atoms with van der Waals surface area (Å²) in [5.41, 5.74) is 0.955. The summed E-state index contributed by atoms with van der Waals surface area (Å²) in [7, 11) is 5.47. The molecule has 0 saturated heterocycles. The molecule has 24 heavy (non-hydrogen) atoms. The van der Waals surface area contributed by atoms with Crippen LogP contribution in [-0.4, -0.2) is 61.0 Å². The monoisotopic (exact) mass is 347 g/mol. The van der Waals surface area contributed by atoms with Crippen molar-refractivity contribution in [2.45, 2.75) is 18.9 Å². The molecule has 6 heteroatoms. The summed E-state index contributed by atoms with van der Waals surface area (Å²) in [6.45, 7) is 4.83. The lowest BCUT2D eigenvalue weighted by atomic mass is 10.2. The average Bonchev–Trinajstić information content (AvgIpc) is 2.94. The number of amides is 1. The topological polar surface area (TPSA) is 45.7 Å². The Balaban J connectivity index is 2.01. The van der Waals surface area contributed by atoms with E-state index in [1.165, 1.54) is 0 Å². The van der Waals surface area contributed by atoms with Crippen LogP contribution in [0.15, 0.2) is 36.9 Å². The third-order valence-electron chi connectivity index (χ3n) is 3.65. The fourth-order valence-electron chi connectivity index (χ4n) is 2.32. The third kappa shape index (κ3) is 5.32. The van der Waals surface area contributed by atoms with Gasteiger partial charge in [0.2, 0.25) is 5.91 Å². The fourth-order valence-corrected chi connectivity index (χ4v) is 3.20. The second kappa shape index (κ2) is 8.80. The Morgan fingerprint density at radius 2 is 2.12 bits per heavy atom. The van der Waals surface area contributed by atoms with Crippen molar-refractivity contribution in [1.29, 1.82) is 0 Å². The van der Waals surface area contributed by atoms with Crippen molar-refractivity contribution in [3.05, 3.63) is 36.9 Å². The molecule has 1 unspecified atom stereocenters. The van der Waals surface area contributed by atoms with Gasteiger partial charge in [-0.2, -0.15) is 0 Å². The molecule has 1 amide bonds. The number of nitrogens with zero attached hydrogens (tertiary/aromatic N) is 3. The number of likely N-dealkylation sites (N-methyl/N-ethyl adjacent to an activating group) is 2. The van der Waals surface area contributed by atoms with E-state index in [4.69, 9.17) is 4.74 Å². The van der Waals surface area contributed by atoms with Crippen LogP contribution in [0.3, 0.4) is 0 Å². The van der Waals surface area contributed by atoms with Crippen LogP contribution in [0, 0.1) is 0 Å². The molecule has 130 valence electrons. The van der Waals surface area contributed by atoms with Gasteiger partial charge < -0.3 is 9.64 Å². The summed E-state index contributed by atoms with van der Waals surface area (Å²) in [5, 5.41) is 0.678.